The number of nitrogens with two attached hydrogens (primary N) is 3. The van der Waals surface area contributed by atoms with Gasteiger partial charge in [0.2, 0.25) is 17.7 Å². The smallest absolute Gasteiger partial charge is 0.271 e. The molecule has 0 bridgehead atoms. The molecule has 39 heavy (non-hydrogen) atoms. The molecule has 1 aliphatic rings. The Morgan fingerprint density at radius 3 is 2.56 bits per heavy atom. The summed E-state index contributed by atoms with van der Waals surface area (Å²) in [5, 5.41) is 11.1. The predicted molar refractivity (Wildman–Crippen MR) is 136 cm³/mol. The highest BCUT2D eigenvalue weighted by Crippen LogP contribution is 2.29. The summed E-state index contributed by atoms with van der Waals surface area (Å²) < 4.78 is 6.12. The molecule has 3 unspecified atom stereocenters. The highest BCUT2D eigenvalue weighted by molar-refractivity contribution is 6.03. The Morgan fingerprint density at radius 2 is 1.90 bits per heavy atom. The van der Waals surface area contributed by atoms with Crippen molar-refractivity contribution in [3.8, 4) is 0 Å². The van der Waals surface area contributed by atoms with Gasteiger partial charge in [-0.3, -0.25) is 24.0 Å². The fraction of sp³-hybridized carbons (Fsp3) is 0.375. The second-order valence-corrected chi connectivity index (χ2v) is 9.20. The summed E-state index contributed by atoms with van der Waals surface area (Å²) in [7, 11) is 1.35. The maximum absolute atomic E-state index is 13.6. The van der Waals surface area contributed by atoms with Crippen molar-refractivity contribution in [2.75, 3.05) is 20.3 Å². The second-order valence-electron chi connectivity index (χ2n) is 9.20. The largest absolute Gasteiger partial charge is 0.375 e. The summed E-state index contributed by atoms with van der Waals surface area (Å²) in [6.07, 6.45) is 2.09. The zero-order valence-electron chi connectivity index (χ0n) is 21.1. The van der Waals surface area contributed by atoms with Crippen LogP contribution in [0.3, 0.4) is 0 Å². The number of para-hydroxylation sites is 1. The average Bonchev–Trinajstić information content (AvgIpc) is 3.53. The van der Waals surface area contributed by atoms with Crippen molar-refractivity contribution in [3.05, 3.63) is 47.4 Å². The maximum atomic E-state index is 13.6. The van der Waals surface area contributed by atoms with Crippen LogP contribution in [-0.4, -0.2) is 86.8 Å². The first-order valence-corrected chi connectivity index (χ1v) is 12.1. The van der Waals surface area contributed by atoms with E-state index in [0.717, 1.165) is 21.1 Å². The first-order chi connectivity index (χ1) is 18.6. The number of carbonyl (C=O) groups excluding carboxylic acids is 5. The number of hydrogen-bond donors (Lipinski definition) is 5. The molecule has 1 fully saturated rings. The molecule has 3 aromatic rings. The van der Waals surface area contributed by atoms with Gasteiger partial charge in [0.25, 0.3) is 11.8 Å². The number of piperidine rings is 1. The van der Waals surface area contributed by atoms with E-state index in [-0.39, 0.29) is 38.1 Å². The average molecular weight is 540 g/mol. The van der Waals surface area contributed by atoms with Crippen molar-refractivity contribution in [1.29, 1.82) is 0 Å². The van der Waals surface area contributed by atoms with Gasteiger partial charge in [0, 0.05) is 37.2 Å². The lowest BCUT2D eigenvalue weighted by molar-refractivity contribution is -0.146. The number of methoxy groups -OCH3 is 1. The minimum Gasteiger partial charge on any atom is -0.375 e. The van der Waals surface area contributed by atoms with Gasteiger partial charge in [-0.1, -0.05) is 23.4 Å². The number of amides is 5. The first kappa shape index (κ1) is 27.3. The maximum Gasteiger partial charge on any atom is 0.271 e. The van der Waals surface area contributed by atoms with E-state index in [1.54, 1.807) is 6.20 Å². The van der Waals surface area contributed by atoms with E-state index in [0.29, 0.717) is 0 Å². The van der Waals surface area contributed by atoms with Crippen molar-refractivity contribution in [1.82, 2.24) is 30.2 Å². The summed E-state index contributed by atoms with van der Waals surface area (Å²) in [5.41, 5.74) is 17.3. The van der Waals surface area contributed by atoms with E-state index >= 15 is 0 Å². The molecular formula is C24H29N9O6. The second kappa shape index (κ2) is 11.3. The molecule has 0 saturated carbocycles. The summed E-state index contributed by atoms with van der Waals surface area (Å²) in [6, 6.07) is 4.68. The molecular weight excluding hydrogens is 510 g/mol. The van der Waals surface area contributed by atoms with Crippen molar-refractivity contribution >= 4 is 40.4 Å². The van der Waals surface area contributed by atoms with Gasteiger partial charge in [-0.25, -0.2) is 4.68 Å². The summed E-state index contributed by atoms with van der Waals surface area (Å²) in [5.74, 6) is -3.80. The monoisotopic (exact) mass is 539 g/mol. The number of rotatable bonds is 10. The van der Waals surface area contributed by atoms with Gasteiger partial charge in [0.1, 0.15) is 18.7 Å². The third kappa shape index (κ3) is 5.57. The summed E-state index contributed by atoms with van der Waals surface area (Å²) >= 11 is 0. The lowest BCUT2D eigenvalue weighted by Gasteiger charge is -2.39. The van der Waals surface area contributed by atoms with Crippen LogP contribution in [0.25, 0.3) is 10.9 Å². The highest BCUT2D eigenvalue weighted by atomic mass is 16.5. The van der Waals surface area contributed by atoms with E-state index in [9.17, 15) is 24.0 Å². The fourth-order valence-corrected chi connectivity index (χ4v) is 4.88. The van der Waals surface area contributed by atoms with Crippen molar-refractivity contribution in [2.24, 2.45) is 17.2 Å². The van der Waals surface area contributed by atoms with E-state index in [2.05, 4.69) is 20.6 Å². The first-order valence-electron chi connectivity index (χ1n) is 12.1. The number of aromatic amines is 1. The molecule has 0 spiro atoms. The minimum absolute atomic E-state index is 0.0261. The summed E-state index contributed by atoms with van der Waals surface area (Å²) in [6.45, 7) is -0.191. The van der Waals surface area contributed by atoms with Gasteiger partial charge in [0.05, 0.1) is 6.04 Å². The molecule has 206 valence electrons. The Balaban J connectivity index is 1.60. The number of hydrogen-bond acceptors (Lipinski definition) is 8. The number of primary amides is 3. The Bertz CT molecular complexity index is 1430. The minimum atomic E-state index is -1.09. The molecule has 2 aromatic heterocycles. The molecule has 8 N–H and O–H groups in total. The van der Waals surface area contributed by atoms with Crippen LogP contribution >= 0.6 is 0 Å². The standard InChI is InChI=1S/C24H29N9O6/c1-39-11-18(34)32-7-6-13(33-20(23(27)37)19(22(26)36)30-31-33)9-17(32)24(38)29-16(21(25)35)8-12-10-28-15-5-3-2-4-14(12)15/h2-5,10,13,16-17,28H,6-9,11H2,1H3,(H2,25,35)(H2,26,36)(H2,27,37)(H,29,38). The van der Waals surface area contributed by atoms with Crippen LogP contribution in [0.2, 0.25) is 0 Å². The molecule has 15 heteroatoms. The molecule has 5 amide bonds. The van der Waals surface area contributed by atoms with Gasteiger partial charge >= 0.3 is 0 Å². The number of nitrogens with zero attached hydrogens (tertiary/aromatic N) is 4. The van der Waals surface area contributed by atoms with E-state index in [1.165, 1.54) is 12.0 Å². The molecule has 1 saturated heterocycles. The number of fused-ring (bicyclic) bond motifs is 1. The molecule has 4 rings (SSSR count). The van der Waals surface area contributed by atoms with Crippen LogP contribution in [-0.2, 0) is 25.5 Å². The predicted octanol–water partition coefficient (Wildman–Crippen LogP) is -1.65. The van der Waals surface area contributed by atoms with Crippen molar-refractivity contribution in [2.45, 2.75) is 37.4 Å². The number of aromatic nitrogens is 4. The van der Waals surface area contributed by atoms with Crippen LogP contribution in [0, 0.1) is 0 Å². The topological polar surface area (TPSA) is 234 Å². The van der Waals surface area contributed by atoms with Gasteiger partial charge in [0.15, 0.2) is 11.4 Å². The van der Waals surface area contributed by atoms with Crippen LogP contribution in [0.1, 0.15) is 45.4 Å². The van der Waals surface area contributed by atoms with Gasteiger partial charge in [-0.05, 0) is 24.5 Å². The van der Waals surface area contributed by atoms with Crippen LogP contribution in [0.4, 0.5) is 0 Å². The lowest BCUT2D eigenvalue weighted by Crippen LogP contribution is -2.58. The van der Waals surface area contributed by atoms with E-state index < -0.39 is 53.4 Å². The van der Waals surface area contributed by atoms with Crippen LogP contribution in [0.5, 0.6) is 0 Å². The zero-order valence-corrected chi connectivity index (χ0v) is 21.1. The molecule has 1 aromatic carbocycles. The normalized spacial score (nSPS) is 18.0. The van der Waals surface area contributed by atoms with Gasteiger partial charge in [-0.15, -0.1) is 5.10 Å². The number of benzene rings is 1. The molecule has 3 heterocycles. The molecule has 15 nitrogen and oxygen atoms in total. The van der Waals surface area contributed by atoms with Crippen molar-refractivity contribution in [3.63, 3.8) is 0 Å². The molecule has 0 radical (unpaired) electrons. The third-order valence-electron chi connectivity index (χ3n) is 6.73. The number of likely N-dealkylation sites (tertiary alicyclic amines) is 1. The van der Waals surface area contributed by atoms with E-state index in [1.807, 2.05) is 24.3 Å². The van der Waals surface area contributed by atoms with E-state index in [4.69, 9.17) is 21.9 Å². The summed E-state index contributed by atoms with van der Waals surface area (Å²) in [4.78, 5) is 67.0. The Hall–Kier alpha value is -4.79. The SMILES string of the molecule is COCC(=O)N1CCC(n2nnc(C(N)=O)c2C(N)=O)CC1C(=O)NC(Cc1c[nH]c2ccccc12)C(N)=O. The molecule has 1 aliphatic heterocycles. The fourth-order valence-electron chi connectivity index (χ4n) is 4.88. The van der Waals surface area contributed by atoms with Crippen LogP contribution in [0.15, 0.2) is 30.5 Å². The number of carbonyl (C=O) groups is 5. The lowest BCUT2D eigenvalue weighted by atomic mass is 9.95. The number of H-pyrrole nitrogens is 1. The Kier molecular flexibility index (Phi) is 7.90. The highest BCUT2D eigenvalue weighted by Gasteiger charge is 2.40. The van der Waals surface area contributed by atoms with Gasteiger partial charge < -0.3 is 37.1 Å². The Labute approximate surface area is 222 Å². The number of ether oxygens (including phenoxy) is 1. The number of nitrogens with one attached hydrogen (secondary N) is 2. The van der Waals surface area contributed by atoms with Crippen LogP contribution < -0.4 is 22.5 Å². The van der Waals surface area contributed by atoms with Gasteiger partial charge in [-0.2, -0.15) is 0 Å². The third-order valence-corrected chi connectivity index (χ3v) is 6.73. The molecule has 3 atom stereocenters. The quantitative estimate of drug-likeness (QED) is 0.200. The molecule has 0 aliphatic carbocycles. The van der Waals surface area contributed by atoms with Crippen molar-refractivity contribution < 1.29 is 28.7 Å². The Morgan fingerprint density at radius 1 is 1.15 bits per heavy atom. The zero-order chi connectivity index (χ0) is 28.3.